The van der Waals surface area contributed by atoms with Crippen molar-refractivity contribution in [3.05, 3.63) is 92.0 Å². The molecule has 12 nitrogen and oxygen atoms in total. The molecule has 3 aromatic carbocycles. The number of benzene rings is 3. The number of carbonyl (C=O) groups excluding carboxylic acids is 2. The maximum absolute atomic E-state index is 13.3. The molecule has 0 spiro atoms. The van der Waals surface area contributed by atoms with Gasteiger partial charge in [-0.3, -0.25) is 29.8 Å². The Hall–Kier alpha value is -5.00. The number of non-ortho nitro benzene ring substituents is 2. The van der Waals surface area contributed by atoms with E-state index in [-0.39, 0.29) is 39.7 Å². The largest absolute Gasteiger partial charge is 0.494 e. The maximum Gasteiger partial charge on any atom is 0.269 e. The number of ether oxygens (including phenoxy) is 2. The van der Waals surface area contributed by atoms with Crippen molar-refractivity contribution in [2.45, 2.75) is 13.3 Å². The van der Waals surface area contributed by atoms with Gasteiger partial charge in [-0.2, -0.15) is 0 Å². The lowest BCUT2D eigenvalue weighted by Gasteiger charge is -2.26. The van der Waals surface area contributed by atoms with Crippen molar-refractivity contribution >= 4 is 34.6 Å². The molecule has 0 heterocycles. The van der Waals surface area contributed by atoms with E-state index >= 15 is 0 Å². The fraction of sp³-hybridized carbons (Fsp3) is 0.200. The van der Waals surface area contributed by atoms with E-state index in [2.05, 4.69) is 5.32 Å². The average Bonchev–Trinajstić information content (AvgIpc) is 2.91. The summed E-state index contributed by atoms with van der Waals surface area (Å²) < 4.78 is 11.0. The van der Waals surface area contributed by atoms with E-state index in [1.165, 1.54) is 73.7 Å². The summed E-state index contributed by atoms with van der Waals surface area (Å²) in [5.41, 5.74) is 0.788. The Morgan fingerprint density at radius 3 is 1.81 bits per heavy atom. The molecule has 0 bridgehead atoms. The summed E-state index contributed by atoms with van der Waals surface area (Å²) in [6.07, 6.45) is 0.600. The van der Waals surface area contributed by atoms with Crippen molar-refractivity contribution in [3.8, 4) is 11.5 Å². The Morgan fingerprint density at radius 1 is 0.838 bits per heavy atom. The first-order chi connectivity index (χ1) is 17.7. The van der Waals surface area contributed by atoms with Crippen LogP contribution in [0.25, 0.3) is 0 Å². The fourth-order valence-corrected chi connectivity index (χ4v) is 3.56. The molecule has 192 valence electrons. The molecule has 0 atom stereocenters. The molecule has 1 N–H and O–H groups in total. The lowest BCUT2D eigenvalue weighted by atomic mass is 10.1. The third-order valence-corrected chi connectivity index (χ3v) is 5.40. The minimum absolute atomic E-state index is 0.133. The first-order valence-corrected chi connectivity index (χ1v) is 11.1. The highest BCUT2D eigenvalue weighted by molar-refractivity contribution is 6.08. The molecule has 0 aliphatic carbocycles. The van der Waals surface area contributed by atoms with Crippen LogP contribution < -0.4 is 19.7 Å². The Kier molecular flexibility index (Phi) is 8.35. The van der Waals surface area contributed by atoms with Gasteiger partial charge < -0.3 is 19.7 Å². The van der Waals surface area contributed by atoms with E-state index in [0.29, 0.717) is 18.7 Å². The third kappa shape index (κ3) is 5.99. The third-order valence-electron chi connectivity index (χ3n) is 5.40. The second kappa shape index (κ2) is 11.6. The first-order valence-electron chi connectivity index (χ1n) is 11.1. The molecule has 0 unspecified atom stereocenters. The van der Waals surface area contributed by atoms with Crippen LogP contribution in [0.15, 0.2) is 60.7 Å². The molecule has 0 saturated heterocycles. The van der Waals surface area contributed by atoms with Crippen molar-refractivity contribution in [2.75, 3.05) is 31.0 Å². The zero-order chi connectivity index (χ0) is 27.1. The molecule has 0 radical (unpaired) electrons. The molecular formula is C25H24N4O8. The van der Waals surface area contributed by atoms with Gasteiger partial charge >= 0.3 is 0 Å². The van der Waals surface area contributed by atoms with Crippen LogP contribution in [-0.4, -0.2) is 42.4 Å². The highest BCUT2D eigenvalue weighted by atomic mass is 16.6. The van der Waals surface area contributed by atoms with Crippen LogP contribution in [0.2, 0.25) is 0 Å². The number of nitro groups is 2. The quantitative estimate of drug-likeness (QED) is 0.302. The fourth-order valence-electron chi connectivity index (χ4n) is 3.56. The van der Waals surface area contributed by atoms with Gasteiger partial charge in [0.15, 0.2) is 0 Å². The van der Waals surface area contributed by atoms with Crippen molar-refractivity contribution in [1.29, 1.82) is 0 Å². The van der Waals surface area contributed by atoms with Gasteiger partial charge in [0, 0.05) is 54.1 Å². The summed E-state index contributed by atoms with van der Waals surface area (Å²) in [6.45, 7) is 2.20. The lowest BCUT2D eigenvalue weighted by molar-refractivity contribution is -0.385. The molecule has 3 aromatic rings. The summed E-state index contributed by atoms with van der Waals surface area (Å²) in [5, 5.41) is 24.5. The molecule has 0 aromatic heterocycles. The number of methoxy groups -OCH3 is 2. The zero-order valence-electron chi connectivity index (χ0n) is 20.3. The average molecular weight is 508 g/mol. The number of nitrogens with one attached hydrogen (secondary N) is 1. The topological polar surface area (TPSA) is 154 Å². The molecule has 0 saturated carbocycles. The SMILES string of the molecule is CCCN(C(=O)c1ccc([N+](=O)[O-])cc1)c1cc(OC)c(NC(=O)c2ccc([N+](=O)[O-])cc2)cc1OC. The minimum atomic E-state index is -0.561. The van der Waals surface area contributed by atoms with E-state index in [4.69, 9.17) is 9.47 Å². The summed E-state index contributed by atoms with van der Waals surface area (Å²) in [4.78, 5) is 48.3. The number of rotatable bonds is 10. The zero-order valence-corrected chi connectivity index (χ0v) is 20.3. The van der Waals surface area contributed by atoms with Crippen LogP contribution in [0, 0.1) is 20.2 Å². The molecular weight excluding hydrogens is 484 g/mol. The number of hydrogen-bond acceptors (Lipinski definition) is 8. The van der Waals surface area contributed by atoms with Crippen molar-refractivity contribution in [1.82, 2.24) is 0 Å². The predicted octanol–water partition coefficient (Wildman–Crippen LogP) is 4.83. The van der Waals surface area contributed by atoms with Gasteiger partial charge in [-0.25, -0.2) is 0 Å². The molecule has 0 fully saturated rings. The second-order valence-corrected chi connectivity index (χ2v) is 7.74. The molecule has 37 heavy (non-hydrogen) atoms. The number of amides is 2. The molecule has 3 rings (SSSR count). The smallest absolute Gasteiger partial charge is 0.269 e. The van der Waals surface area contributed by atoms with Crippen LogP contribution in [0.5, 0.6) is 11.5 Å². The van der Waals surface area contributed by atoms with E-state index in [1.807, 2.05) is 6.92 Å². The summed E-state index contributed by atoms with van der Waals surface area (Å²) in [7, 11) is 2.81. The van der Waals surface area contributed by atoms with Gasteiger partial charge in [-0.15, -0.1) is 0 Å². The number of nitro benzene ring substituents is 2. The highest BCUT2D eigenvalue weighted by Crippen LogP contribution is 2.39. The van der Waals surface area contributed by atoms with E-state index in [1.54, 1.807) is 6.07 Å². The normalized spacial score (nSPS) is 10.4. The van der Waals surface area contributed by atoms with Crippen molar-refractivity contribution in [2.24, 2.45) is 0 Å². The van der Waals surface area contributed by atoms with Gasteiger partial charge in [0.1, 0.15) is 11.5 Å². The molecule has 12 heteroatoms. The van der Waals surface area contributed by atoms with Gasteiger partial charge in [-0.05, 0) is 30.7 Å². The lowest BCUT2D eigenvalue weighted by Crippen LogP contribution is -2.32. The Bertz CT molecular complexity index is 1320. The van der Waals surface area contributed by atoms with Crippen molar-refractivity contribution in [3.63, 3.8) is 0 Å². The first kappa shape index (κ1) is 26.6. The van der Waals surface area contributed by atoms with Crippen molar-refractivity contribution < 1.29 is 28.9 Å². The standard InChI is InChI=1S/C25H24N4O8/c1-4-13-27(25(31)17-7-11-19(12-8-17)29(34)35)21-15-22(36-2)20(14-23(21)37-3)26-24(30)16-5-9-18(10-6-16)28(32)33/h5-12,14-15H,4,13H2,1-3H3,(H,26,30). The van der Waals surface area contributed by atoms with Crippen LogP contribution in [-0.2, 0) is 0 Å². The maximum atomic E-state index is 13.3. The van der Waals surface area contributed by atoms with Crippen LogP contribution in [0.3, 0.4) is 0 Å². The Labute approximate surface area is 211 Å². The Balaban J connectivity index is 1.96. The number of anilines is 2. The summed E-state index contributed by atoms with van der Waals surface area (Å²) in [6, 6.07) is 13.4. The molecule has 0 aliphatic heterocycles. The van der Waals surface area contributed by atoms with Crippen LogP contribution in [0.1, 0.15) is 34.1 Å². The van der Waals surface area contributed by atoms with Gasteiger partial charge in [0.05, 0.1) is 35.4 Å². The van der Waals surface area contributed by atoms with Gasteiger partial charge in [0.25, 0.3) is 23.2 Å². The number of nitrogens with zero attached hydrogens (tertiary/aromatic N) is 3. The second-order valence-electron chi connectivity index (χ2n) is 7.74. The minimum Gasteiger partial charge on any atom is -0.494 e. The monoisotopic (exact) mass is 508 g/mol. The van der Waals surface area contributed by atoms with Crippen LogP contribution in [0.4, 0.5) is 22.7 Å². The van der Waals surface area contributed by atoms with Gasteiger partial charge in [0.2, 0.25) is 0 Å². The predicted molar refractivity (Wildman–Crippen MR) is 136 cm³/mol. The number of hydrogen-bond donors (Lipinski definition) is 1. The molecule has 0 aliphatic rings. The van der Waals surface area contributed by atoms with E-state index in [0.717, 1.165) is 0 Å². The Morgan fingerprint density at radius 2 is 1.35 bits per heavy atom. The molecule has 2 amide bonds. The highest BCUT2D eigenvalue weighted by Gasteiger charge is 2.24. The van der Waals surface area contributed by atoms with Crippen LogP contribution >= 0.6 is 0 Å². The van der Waals surface area contributed by atoms with Gasteiger partial charge in [-0.1, -0.05) is 6.92 Å². The van der Waals surface area contributed by atoms with E-state index in [9.17, 15) is 29.8 Å². The van der Waals surface area contributed by atoms with E-state index < -0.39 is 21.7 Å². The summed E-state index contributed by atoms with van der Waals surface area (Å²) >= 11 is 0. The number of carbonyl (C=O) groups is 2. The summed E-state index contributed by atoms with van der Waals surface area (Å²) in [5.74, 6) is -0.428.